The van der Waals surface area contributed by atoms with Crippen LogP contribution in [-0.4, -0.2) is 29.6 Å². The molecule has 3 aromatic heterocycles. The predicted molar refractivity (Wildman–Crippen MR) is 191 cm³/mol. The maximum Gasteiger partial charge on any atom is 0.179 e. The van der Waals surface area contributed by atoms with Crippen LogP contribution in [0.25, 0.3) is 28.7 Å². The number of nitriles is 4. The van der Waals surface area contributed by atoms with Crippen LogP contribution in [0.15, 0.2) is 48.5 Å². The van der Waals surface area contributed by atoms with E-state index in [9.17, 15) is 26.2 Å². The monoisotopic (exact) mass is 660 g/mol. The average Bonchev–Trinajstić information content (AvgIpc) is 3.42. The van der Waals surface area contributed by atoms with Crippen molar-refractivity contribution in [3.8, 4) is 30.0 Å². The van der Waals surface area contributed by atoms with E-state index in [1.807, 2.05) is 72.8 Å². The highest BCUT2D eigenvalue weighted by atomic mass is 16.3. The molecule has 0 radical (unpaired) electrons. The van der Waals surface area contributed by atoms with Crippen molar-refractivity contribution in [3.63, 3.8) is 0 Å². The number of unbranched alkanes of at least 4 members (excludes halogenated alkanes) is 4. The lowest BCUT2D eigenvalue weighted by Crippen LogP contribution is -2.05. The summed E-state index contributed by atoms with van der Waals surface area (Å²) >= 11 is 0. The van der Waals surface area contributed by atoms with Crippen molar-refractivity contribution in [2.24, 2.45) is 0 Å². The maximum atomic E-state index is 11.8. The van der Waals surface area contributed by atoms with E-state index in [4.69, 9.17) is 0 Å². The number of aryl methyl sites for hydroxylation is 2. The zero-order valence-corrected chi connectivity index (χ0v) is 28.3. The Morgan fingerprint density at radius 2 is 1.24 bits per heavy atom. The number of hydrogen-bond donors (Lipinski definition) is 2. The molecule has 0 saturated carbocycles. The number of benzene rings is 2. The first-order valence-corrected chi connectivity index (χ1v) is 16.7. The third-order valence-electron chi connectivity index (χ3n) is 8.45. The molecule has 5 rings (SSSR count). The summed E-state index contributed by atoms with van der Waals surface area (Å²) in [7, 11) is 0. The van der Waals surface area contributed by atoms with Crippen molar-refractivity contribution in [1.82, 2.24) is 24.5 Å². The van der Waals surface area contributed by atoms with Crippen LogP contribution < -0.4 is 5.32 Å². The number of nitrogens with zero attached hydrogens (tertiary/aromatic N) is 9. The van der Waals surface area contributed by atoms with Gasteiger partial charge in [-0.25, -0.2) is 19.9 Å². The fourth-order valence-electron chi connectivity index (χ4n) is 5.83. The molecule has 2 aromatic carbocycles. The number of anilines is 2. The second kappa shape index (κ2) is 16.0. The molecule has 0 unspecified atom stereocenters. The molecule has 2 N–H and O–H groups in total. The molecule has 0 bridgehead atoms. The average molecular weight is 661 g/mol. The SMILES string of the molecule is CCCCCc1ccc(Nc2nc(C#N)c(C#N)nc2/C=C(\O)c2c(C)n(-c3ccc(CCCCC)cc3)c3nc(C#N)c(C#N)nc23)cc1. The summed E-state index contributed by atoms with van der Waals surface area (Å²) in [6.07, 6.45) is 10.0. The summed E-state index contributed by atoms with van der Waals surface area (Å²) in [5.74, 6) is -0.135. The van der Waals surface area contributed by atoms with E-state index in [1.165, 1.54) is 17.2 Å². The van der Waals surface area contributed by atoms with Gasteiger partial charge in [-0.2, -0.15) is 21.0 Å². The van der Waals surface area contributed by atoms with E-state index >= 15 is 0 Å². The lowest BCUT2D eigenvalue weighted by Gasteiger charge is -2.11. The van der Waals surface area contributed by atoms with Gasteiger partial charge in [-0.1, -0.05) is 63.8 Å². The lowest BCUT2D eigenvalue weighted by atomic mass is 10.1. The van der Waals surface area contributed by atoms with E-state index in [0.717, 1.165) is 57.1 Å². The van der Waals surface area contributed by atoms with E-state index in [0.29, 0.717) is 11.4 Å². The molecule has 0 aliphatic carbocycles. The molecule has 11 heteroatoms. The summed E-state index contributed by atoms with van der Waals surface area (Å²) in [5, 5.41) is 53.9. The standard InChI is InChI=1S/C39H36N10O/c1-4-6-8-10-26-12-16-28(17-13-26)44-38-30(45-31(21-40)33(23-42)47-38)20-35(50)36-25(3)49(29-18-14-27(15-19-29)11-9-7-5-2)39-37(36)46-32(22-41)34(24-43)48-39/h12-20,50H,4-11H2,1-3H3,(H,44,47)/b35-20-. The zero-order valence-electron chi connectivity index (χ0n) is 28.3. The second-order valence-electron chi connectivity index (χ2n) is 11.9. The Kier molecular flexibility index (Phi) is 11.1. The van der Waals surface area contributed by atoms with Gasteiger partial charge in [0.15, 0.2) is 34.2 Å². The van der Waals surface area contributed by atoms with Gasteiger partial charge >= 0.3 is 0 Å². The predicted octanol–water partition coefficient (Wildman–Crippen LogP) is 8.27. The van der Waals surface area contributed by atoms with Gasteiger partial charge in [0.1, 0.15) is 41.2 Å². The van der Waals surface area contributed by atoms with Crippen molar-refractivity contribution in [2.45, 2.75) is 72.1 Å². The molecular weight excluding hydrogens is 624 g/mol. The minimum absolute atomic E-state index is 0.101. The first kappa shape index (κ1) is 34.8. The Hall–Kier alpha value is -6.56. The molecule has 0 amide bonds. The largest absolute Gasteiger partial charge is 0.507 e. The van der Waals surface area contributed by atoms with Crippen LogP contribution in [-0.2, 0) is 12.8 Å². The number of aromatic nitrogens is 5. The van der Waals surface area contributed by atoms with Crippen LogP contribution in [0, 0.1) is 52.2 Å². The summed E-state index contributed by atoms with van der Waals surface area (Å²) < 4.78 is 1.78. The maximum absolute atomic E-state index is 11.8. The van der Waals surface area contributed by atoms with E-state index in [-0.39, 0.29) is 56.8 Å². The van der Waals surface area contributed by atoms with E-state index in [1.54, 1.807) is 11.5 Å². The third-order valence-corrected chi connectivity index (χ3v) is 8.45. The molecule has 0 spiro atoms. The Morgan fingerprint density at radius 3 is 1.80 bits per heavy atom. The minimum Gasteiger partial charge on any atom is -0.507 e. The number of hydrogen-bond acceptors (Lipinski definition) is 10. The Morgan fingerprint density at radius 1 is 0.720 bits per heavy atom. The van der Waals surface area contributed by atoms with Crippen molar-refractivity contribution in [3.05, 3.63) is 99.4 Å². The molecule has 0 aliphatic heterocycles. The molecule has 3 heterocycles. The quantitative estimate of drug-likeness (QED) is 0.0920. The van der Waals surface area contributed by atoms with Gasteiger partial charge in [0.25, 0.3) is 0 Å². The Labute approximate surface area is 291 Å². The first-order chi connectivity index (χ1) is 24.3. The summed E-state index contributed by atoms with van der Waals surface area (Å²) in [6.45, 7) is 6.11. The van der Waals surface area contributed by atoms with Gasteiger partial charge in [0.05, 0.1) is 5.56 Å². The van der Waals surface area contributed by atoms with Crippen molar-refractivity contribution >= 4 is 34.5 Å². The van der Waals surface area contributed by atoms with Gasteiger partial charge in [-0.15, -0.1) is 0 Å². The van der Waals surface area contributed by atoms with Crippen molar-refractivity contribution in [1.29, 1.82) is 21.0 Å². The number of rotatable bonds is 13. The van der Waals surface area contributed by atoms with Crippen LogP contribution in [0.1, 0.15) is 103 Å². The van der Waals surface area contributed by atoms with Gasteiger partial charge in [-0.3, -0.25) is 4.57 Å². The molecule has 50 heavy (non-hydrogen) atoms. The third kappa shape index (κ3) is 7.44. The smallest absolute Gasteiger partial charge is 0.179 e. The Bertz CT molecular complexity index is 2220. The molecule has 0 saturated heterocycles. The highest BCUT2D eigenvalue weighted by molar-refractivity contribution is 5.94. The van der Waals surface area contributed by atoms with Crippen LogP contribution >= 0.6 is 0 Å². The van der Waals surface area contributed by atoms with Crippen LogP contribution in [0.3, 0.4) is 0 Å². The number of aliphatic hydroxyl groups is 1. The molecule has 0 aliphatic rings. The van der Waals surface area contributed by atoms with Crippen LogP contribution in [0.2, 0.25) is 0 Å². The van der Waals surface area contributed by atoms with Gasteiger partial charge in [-0.05, 0) is 68.0 Å². The topological polar surface area (TPSA) is 184 Å². The van der Waals surface area contributed by atoms with Gasteiger partial charge < -0.3 is 10.4 Å². The van der Waals surface area contributed by atoms with Crippen molar-refractivity contribution < 1.29 is 5.11 Å². The second-order valence-corrected chi connectivity index (χ2v) is 11.9. The highest BCUT2D eigenvalue weighted by Crippen LogP contribution is 2.34. The molecule has 248 valence electrons. The molecule has 5 aromatic rings. The first-order valence-electron chi connectivity index (χ1n) is 16.7. The van der Waals surface area contributed by atoms with Crippen molar-refractivity contribution in [2.75, 3.05) is 5.32 Å². The fraction of sp³-hybridized carbons (Fsp3) is 0.282. The molecule has 0 atom stereocenters. The Balaban J connectivity index is 1.63. The minimum atomic E-state index is -0.289. The number of aliphatic hydroxyl groups excluding tert-OH is 1. The lowest BCUT2D eigenvalue weighted by molar-refractivity contribution is 0.515. The number of nitrogens with one attached hydrogen (secondary N) is 1. The normalized spacial score (nSPS) is 11.1. The summed E-state index contributed by atoms with van der Waals surface area (Å²) in [5.41, 5.74) is 4.51. The molecule has 0 fully saturated rings. The fourth-order valence-corrected chi connectivity index (χ4v) is 5.83. The van der Waals surface area contributed by atoms with Gasteiger partial charge in [0.2, 0.25) is 0 Å². The molecular formula is C39H36N10O. The molecule has 11 nitrogen and oxygen atoms in total. The highest BCUT2D eigenvalue weighted by Gasteiger charge is 2.24. The van der Waals surface area contributed by atoms with Gasteiger partial charge in [0, 0.05) is 23.1 Å². The zero-order chi connectivity index (χ0) is 35.6. The number of fused-ring (bicyclic) bond motifs is 1. The van der Waals surface area contributed by atoms with Crippen LogP contribution in [0.4, 0.5) is 11.5 Å². The van der Waals surface area contributed by atoms with E-state index in [2.05, 4.69) is 39.1 Å². The van der Waals surface area contributed by atoms with E-state index < -0.39 is 0 Å². The summed E-state index contributed by atoms with van der Waals surface area (Å²) in [6, 6.07) is 23.5. The summed E-state index contributed by atoms with van der Waals surface area (Å²) in [4.78, 5) is 17.7. The van der Waals surface area contributed by atoms with Crippen LogP contribution in [0.5, 0.6) is 0 Å².